The van der Waals surface area contributed by atoms with Crippen molar-refractivity contribution in [1.29, 1.82) is 0 Å². The van der Waals surface area contributed by atoms with Crippen molar-refractivity contribution in [2.75, 3.05) is 5.32 Å². The van der Waals surface area contributed by atoms with Crippen LogP contribution in [0.2, 0.25) is 0 Å². The van der Waals surface area contributed by atoms with Gasteiger partial charge in [-0.25, -0.2) is 14.2 Å². The van der Waals surface area contributed by atoms with Gasteiger partial charge in [0.1, 0.15) is 30.7 Å². The number of imidazole rings is 1. The Hall–Kier alpha value is -5.76. The predicted octanol–water partition coefficient (Wildman–Crippen LogP) is 4.95. The summed E-state index contributed by atoms with van der Waals surface area (Å²) in [6.07, 6.45) is 3.49. The fraction of sp³-hybridized carbons (Fsp3) is 0.235. The number of para-hydroxylation sites is 1. The number of phenolic OH excluding ortho intramolecular Hbond substituents is 1. The molecular weight excluding hydrogens is 636 g/mol. The second kappa shape index (κ2) is 14.3. The maximum absolute atomic E-state index is 14.1. The molecule has 0 saturated carbocycles. The van der Waals surface area contributed by atoms with E-state index in [-0.39, 0.29) is 37.1 Å². The van der Waals surface area contributed by atoms with E-state index in [0.717, 1.165) is 9.84 Å². The molecule has 13 nitrogen and oxygen atoms in total. The van der Waals surface area contributed by atoms with Crippen molar-refractivity contribution < 1.29 is 33.6 Å². The number of aromatic nitrogens is 2. The lowest BCUT2D eigenvalue weighted by Crippen LogP contribution is -2.50. The Morgan fingerprint density at radius 2 is 1.75 bits per heavy atom. The molecule has 0 radical (unpaired) electrons. The predicted molar refractivity (Wildman–Crippen MR) is 179 cm³/mol. The number of ether oxygens (including phenoxy) is 1. The number of nitrogens with zero attached hydrogens (tertiary/aromatic N) is 4. The third-order valence-electron chi connectivity index (χ3n) is 7.55. The smallest absolute Gasteiger partial charge is 0.346 e. The number of fused-ring (bicyclic) bond motifs is 1. The Bertz CT molecular complexity index is 1970. The van der Waals surface area contributed by atoms with Crippen LogP contribution in [0.4, 0.5) is 16.2 Å². The van der Waals surface area contributed by atoms with Gasteiger partial charge in [-0.15, -0.1) is 0 Å². The zero-order chi connectivity index (χ0) is 34.5. The quantitative estimate of drug-likeness (QED) is 0.0728. The van der Waals surface area contributed by atoms with E-state index in [0.29, 0.717) is 28.1 Å². The molecule has 0 spiro atoms. The number of aryl methyl sites for hydroxylation is 1. The number of phenols is 1. The largest absolute Gasteiger partial charge is 0.508 e. The topological polar surface area (TPSA) is 174 Å². The zero-order valence-corrected chi connectivity index (χ0v) is 27.3. The van der Waals surface area contributed by atoms with Gasteiger partial charge in [0.05, 0.1) is 28.7 Å². The maximum atomic E-state index is 14.1. The van der Waals surface area contributed by atoms with E-state index in [2.05, 4.69) is 5.32 Å². The summed E-state index contributed by atoms with van der Waals surface area (Å²) in [5.74, 6) is -1.21. The minimum atomic E-state index is -1.13. The number of primary amides is 1. The fourth-order valence-electron chi connectivity index (χ4n) is 5.29. The van der Waals surface area contributed by atoms with Crippen molar-refractivity contribution in [3.05, 3.63) is 123 Å². The Kier molecular flexibility index (Phi) is 10.0. The highest BCUT2D eigenvalue weighted by atomic mass is 32.1. The van der Waals surface area contributed by atoms with Crippen LogP contribution >= 0.6 is 11.3 Å². The van der Waals surface area contributed by atoms with Crippen molar-refractivity contribution in [3.8, 4) is 5.75 Å². The van der Waals surface area contributed by atoms with Crippen LogP contribution in [-0.2, 0) is 29.0 Å². The number of nitrogens with one attached hydrogen (secondary N) is 1. The Balaban J connectivity index is 1.53. The summed E-state index contributed by atoms with van der Waals surface area (Å²) < 4.78 is 9.01. The molecule has 1 atom stereocenters. The molecular formula is C34H35N6O7S+. The molecule has 0 aliphatic carbocycles. The van der Waals surface area contributed by atoms with Crippen LogP contribution in [0.3, 0.4) is 0 Å². The van der Waals surface area contributed by atoms with E-state index in [1.54, 1.807) is 56.3 Å². The van der Waals surface area contributed by atoms with Crippen LogP contribution in [0.15, 0.2) is 85.2 Å². The number of esters is 1. The van der Waals surface area contributed by atoms with Gasteiger partial charge in [-0.05, 0) is 68.8 Å². The highest BCUT2D eigenvalue weighted by Crippen LogP contribution is 2.25. The Morgan fingerprint density at radius 1 is 1.06 bits per heavy atom. The van der Waals surface area contributed by atoms with E-state index in [1.807, 2.05) is 28.3 Å². The molecule has 248 valence electrons. The fourth-order valence-corrected chi connectivity index (χ4v) is 6.24. The summed E-state index contributed by atoms with van der Waals surface area (Å²) in [5, 5.41) is 24.4. The number of nitro groups is 1. The van der Waals surface area contributed by atoms with Crippen molar-refractivity contribution >= 4 is 45.6 Å². The number of anilines is 1. The summed E-state index contributed by atoms with van der Waals surface area (Å²) in [5.41, 5.74) is 8.28. The van der Waals surface area contributed by atoms with Gasteiger partial charge in [0.25, 0.3) is 5.69 Å². The van der Waals surface area contributed by atoms with Crippen molar-refractivity contribution in [2.24, 2.45) is 5.73 Å². The molecule has 2 heterocycles. The highest BCUT2D eigenvalue weighted by Gasteiger charge is 2.33. The van der Waals surface area contributed by atoms with Gasteiger partial charge < -0.3 is 25.8 Å². The summed E-state index contributed by atoms with van der Waals surface area (Å²) >= 11 is 1.48. The van der Waals surface area contributed by atoms with Crippen LogP contribution in [-0.4, -0.2) is 49.6 Å². The third kappa shape index (κ3) is 7.78. The number of nitrogens with two attached hydrogens (primary N) is 1. The van der Waals surface area contributed by atoms with Gasteiger partial charge in [-0.1, -0.05) is 35.6 Å². The molecule has 3 aromatic carbocycles. The lowest BCUT2D eigenvalue weighted by Gasteiger charge is -2.29. The highest BCUT2D eigenvalue weighted by molar-refractivity contribution is 7.16. The number of benzene rings is 3. The van der Waals surface area contributed by atoms with E-state index < -0.39 is 28.9 Å². The lowest BCUT2D eigenvalue weighted by molar-refractivity contribution is -0.506. The lowest BCUT2D eigenvalue weighted by atomic mass is 10.0. The summed E-state index contributed by atoms with van der Waals surface area (Å²) in [4.78, 5) is 53.9. The number of urea groups is 1. The van der Waals surface area contributed by atoms with Gasteiger partial charge >= 0.3 is 17.0 Å². The minimum absolute atomic E-state index is 0.0405. The molecule has 2 aromatic heterocycles. The summed E-state index contributed by atoms with van der Waals surface area (Å²) in [7, 11) is 0. The SMILES string of the molecule is Cc1c[n+]2cc(CN(C(=O)Nc3ccc(C(=O)OC(C)C)cc3)[C@@H](Cc3ccc(O)cc3)C(N)=O)n(Cc3ccccc3[N+](=O)[O-])c2s1. The molecule has 0 bridgehead atoms. The molecule has 5 aromatic rings. The molecule has 14 heteroatoms. The average Bonchev–Trinajstić information content (AvgIpc) is 3.55. The van der Waals surface area contributed by atoms with Crippen LogP contribution < -0.4 is 15.5 Å². The number of rotatable bonds is 12. The number of hydrogen-bond donors (Lipinski definition) is 3. The standard InChI is InChI=1S/C34H34N6O7S/c1-21(2)47-32(43)24-10-12-26(13-11-24)36-33(44)39(30(31(35)42)16-23-8-14-28(41)15-9-23)20-27-19-37-17-22(3)48-34(37)38(27)18-25-6-4-5-7-29(25)40(45)46/h4-15,17,19,21,30H,16,18,20H2,1-3H3,(H3-,35,36,41,42,43,44)/p+1/t30-/m0/s1. The molecule has 0 fully saturated rings. The van der Waals surface area contributed by atoms with Gasteiger partial charge in [0.15, 0.2) is 5.69 Å². The molecule has 0 aliphatic rings. The minimum Gasteiger partial charge on any atom is -0.508 e. The monoisotopic (exact) mass is 671 g/mol. The van der Waals surface area contributed by atoms with E-state index in [9.17, 15) is 29.6 Å². The first-order chi connectivity index (χ1) is 22.9. The second-order valence-corrected chi connectivity index (χ2v) is 12.7. The first kappa shape index (κ1) is 33.6. The van der Waals surface area contributed by atoms with Gasteiger partial charge in [-0.3, -0.25) is 14.9 Å². The van der Waals surface area contributed by atoms with Gasteiger partial charge in [0, 0.05) is 23.1 Å². The first-order valence-electron chi connectivity index (χ1n) is 15.1. The number of amides is 3. The zero-order valence-electron chi connectivity index (χ0n) is 26.5. The average molecular weight is 672 g/mol. The molecule has 5 rings (SSSR count). The van der Waals surface area contributed by atoms with E-state index in [1.165, 1.54) is 46.6 Å². The van der Waals surface area contributed by atoms with Crippen LogP contribution in [0.1, 0.15) is 45.9 Å². The number of carbonyl (C=O) groups excluding carboxylic acids is 3. The Morgan fingerprint density at radius 3 is 2.40 bits per heavy atom. The number of nitro benzene ring substituents is 1. The van der Waals surface area contributed by atoms with Crippen molar-refractivity contribution in [2.45, 2.75) is 52.4 Å². The van der Waals surface area contributed by atoms with Crippen molar-refractivity contribution in [1.82, 2.24) is 9.47 Å². The molecule has 3 amide bonds. The number of thiazole rings is 1. The summed E-state index contributed by atoms with van der Waals surface area (Å²) in [6, 6.07) is 17.1. The van der Waals surface area contributed by atoms with E-state index >= 15 is 0 Å². The normalized spacial score (nSPS) is 11.8. The number of carbonyl (C=O) groups is 3. The molecule has 4 N–H and O–H groups in total. The second-order valence-electron chi connectivity index (χ2n) is 11.5. The molecule has 0 unspecified atom stereocenters. The van der Waals surface area contributed by atoms with E-state index in [4.69, 9.17) is 10.5 Å². The number of aromatic hydroxyl groups is 1. The van der Waals surface area contributed by atoms with Crippen LogP contribution in [0.5, 0.6) is 5.75 Å². The van der Waals surface area contributed by atoms with Gasteiger partial charge in [0.2, 0.25) is 5.91 Å². The Labute approximate surface area is 280 Å². The first-order valence-corrected chi connectivity index (χ1v) is 15.9. The molecule has 0 aliphatic heterocycles. The van der Waals surface area contributed by atoms with Crippen molar-refractivity contribution in [3.63, 3.8) is 0 Å². The van der Waals surface area contributed by atoms with Crippen LogP contribution in [0.25, 0.3) is 4.96 Å². The molecule has 0 saturated heterocycles. The number of hydrogen-bond acceptors (Lipinski definition) is 8. The van der Waals surface area contributed by atoms with Gasteiger partial charge in [-0.2, -0.15) is 4.40 Å². The van der Waals surface area contributed by atoms with Crippen LogP contribution in [0, 0.1) is 17.0 Å². The maximum Gasteiger partial charge on any atom is 0.346 e. The summed E-state index contributed by atoms with van der Waals surface area (Å²) in [6.45, 7) is 5.47. The molecule has 48 heavy (non-hydrogen) atoms. The third-order valence-corrected chi connectivity index (χ3v) is 8.60.